The second kappa shape index (κ2) is 7.61. The standard InChI is InChI=1S/C20H24N4O4/c1-28-20(27)24-11-12-6-7-17(24)13(8-12)10-21-18(25)9-16-14-4-2-3-5-15(14)19(26)23-22-16/h2-5,12-13,17H,6-11H2,1H3,(H,21,25)(H,23,26). The van der Waals surface area contributed by atoms with E-state index in [9.17, 15) is 14.4 Å². The van der Waals surface area contributed by atoms with Crippen molar-refractivity contribution in [2.45, 2.75) is 31.7 Å². The number of hydrogen-bond acceptors (Lipinski definition) is 5. The molecule has 148 valence electrons. The van der Waals surface area contributed by atoms with Gasteiger partial charge in [0.2, 0.25) is 5.91 Å². The molecule has 8 nitrogen and oxygen atoms in total. The molecule has 5 rings (SSSR count). The van der Waals surface area contributed by atoms with E-state index in [0.29, 0.717) is 28.9 Å². The predicted octanol–water partition coefficient (Wildman–Crippen LogP) is 1.45. The number of fused-ring (bicyclic) bond motifs is 4. The summed E-state index contributed by atoms with van der Waals surface area (Å²) in [5.41, 5.74) is 0.287. The maximum atomic E-state index is 12.5. The van der Waals surface area contributed by atoms with Crippen LogP contribution in [0.5, 0.6) is 0 Å². The van der Waals surface area contributed by atoms with E-state index in [4.69, 9.17) is 4.74 Å². The lowest BCUT2D eigenvalue weighted by Crippen LogP contribution is -2.57. The van der Waals surface area contributed by atoms with Crippen molar-refractivity contribution in [1.82, 2.24) is 20.4 Å². The molecule has 3 fully saturated rings. The summed E-state index contributed by atoms with van der Waals surface area (Å²) in [5, 5.41) is 10.7. The van der Waals surface area contributed by atoms with Gasteiger partial charge in [-0.15, -0.1) is 0 Å². The molecule has 3 unspecified atom stereocenters. The number of benzene rings is 1. The van der Waals surface area contributed by atoms with Gasteiger partial charge < -0.3 is 15.0 Å². The molecule has 3 aliphatic rings. The fraction of sp³-hybridized carbons (Fsp3) is 0.500. The van der Waals surface area contributed by atoms with Crippen LogP contribution in [0.25, 0.3) is 10.8 Å². The van der Waals surface area contributed by atoms with Gasteiger partial charge >= 0.3 is 6.09 Å². The molecule has 8 heteroatoms. The summed E-state index contributed by atoms with van der Waals surface area (Å²) in [6.45, 7) is 1.27. The largest absolute Gasteiger partial charge is 0.453 e. The summed E-state index contributed by atoms with van der Waals surface area (Å²) < 4.78 is 4.91. The van der Waals surface area contributed by atoms with Crippen molar-refractivity contribution < 1.29 is 14.3 Å². The number of methoxy groups -OCH3 is 1. The Morgan fingerprint density at radius 1 is 1.29 bits per heavy atom. The molecular weight excluding hydrogens is 360 g/mol. The first-order valence-corrected chi connectivity index (χ1v) is 9.64. The van der Waals surface area contributed by atoms with Crippen LogP contribution < -0.4 is 10.9 Å². The third kappa shape index (κ3) is 3.46. The number of H-pyrrole nitrogens is 1. The minimum atomic E-state index is -0.283. The van der Waals surface area contributed by atoms with Crippen LogP contribution in [0.1, 0.15) is 25.0 Å². The van der Waals surface area contributed by atoms with Crippen molar-refractivity contribution in [1.29, 1.82) is 0 Å². The Hall–Kier alpha value is -2.90. The lowest BCUT2D eigenvalue weighted by Gasteiger charge is -2.49. The van der Waals surface area contributed by atoms with Gasteiger partial charge in [0.25, 0.3) is 5.56 Å². The lowest BCUT2D eigenvalue weighted by molar-refractivity contribution is -0.121. The quantitative estimate of drug-likeness (QED) is 0.830. The molecule has 2 saturated heterocycles. The molecule has 0 spiro atoms. The number of ether oxygens (including phenoxy) is 1. The molecule has 2 amide bonds. The molecular formula is C20H24N4O4. The van der Waals surface area contributed by atoms with Gasteiger partial charge in [0, 0.05) is 24.5 Å². The second-order valence-corrected chi connectivity index (χ2v) is 7.65. The average Bonchev–Trinajstić information content (AvgIpc) is 2.74. The third-order valence-corrected chi connectivity index (χ3v) is 5.98. The first-order chi connectivity index (χ1) is 13.6. The van der Waals surface area contributed by atoms with E-state index in [0.717, 1.165) is 25.8 Å². The van der Waals surface area contributed by atoms with E-state index < -0.39 is 0 Å². The topological polar surface area (TPSA) is 104 Å². The number of aromatic amines is 1. The Morgan fingerprint density at radius 2 is 2.07 bits per heavy atom. The number of carbonyl (C=O) groups excluding carboxylic acids is 2. The molecule has 2 aromatic rings. The molecule has 0 radical (unpaired) electrons. The van der Waals surface area contributed by atoms with Gasteiger partial charge in [-0.25, -0.2) is 9.89 Å². The first-order valence-electron chi connectivity index (χ1n) is 9.64. The van der Waals surface area contributed by atoms with E-state index in [1.54, 1.807) is 18.2 Å². The summed E-state index contributed by atoms with van der Waals surface area (Å²) in [6.07, 6.45) is 2.90. The summed E-state index contributed by atoms with van der Waals surface area (Å²) in [4.78, 5) is 38.2. The van der Waals surface area contributed by atoms with Gasteiger partial charge in [-0.3, -0.25) is 9.59 Å². The highest BCUT2D eigenvalue weighted by atomic mass is 16.5. The number of carbonyl (C=O) groups is 2. The zero-order valence-electron chi connectivity index (χ0n) is 15.8. The highest BCUT2D eigenvalue weighted by Crippen LogP contribution is 2.39. The van der Waals surface area contributed by atoms with E-state index >= 15 is 0 Å². The van der Waals surface area contributed by atoms with E-state index in [1.807, 2.05) is 11.0 Å². The maximum absolute atomic E-state index is 12.5. The molecule has 1 aromatic carbocycles. The van der Waals surface area contributed by atoms with Crippen LogP contribution in [0.15, 0.2) is 29.1 Å². The molecule has 1 aliphatic carbocycles. The van der Waals surface area contributed by atoms with Crippen molar-refractivity contribution in [3.05, 3.63) is 40.3 Å². The Balaban J connectivity index is 1.41. The maximum Gasteiger partial charge on any atom is 0.409 e. The Bertz CT molecular complexity index is 957. The Kier molecular flexibility index (Phi) is 5.02. The van der Waals surface area contributed by atoms with Crippen LogP contribution in [0, 0.1) is 11.8 Å². The zero-order chi connectivity index (χ0) is 19.7. The van der Waals surface area contributed by atoms with Gasteiger partial charge in [-0.2, -0.15) is 5.10 Å². The SMILES string of the molecule is COC(=O)N1CC2CCC1C(CNC(=O)Cc1n[nH]c(=O)c3ccccc13)C2. The van der Waals surface area contributed by atoms with Crippen LogP contribution in [0.3, 0.4) is 0 Å². The lowest BCUT2D eigenvalue weighted by atomic mass is 9.73. The van der Waals surface area contributed by atoms with Crippen LogP contribution in [-0.4, -0.2) is 53.3 Å². The normalized spacial score (nSPS) is 23.6. The van der Waals surface area contributed by atoms with Crippen LogP contribution in [0.2, 0.25) is 0 Å². The summed E-state index contributed by atoms with van der Waals surface area (Å²) in [5.74, 6) is 0.558. The van der Waals surface area contributed by atoms with Gasteiger partial charge in [0.15, 0.2) is 0 Å². The number of nitrogens with zero attached hydrogens (tertiary/aromatic N) is 2. The number of rotatable bonds is 4. The fourth-order valence-corrected chi connectivity index (χ4v) is 4.65. The minimum absolute atomic E-state index is 0.0961. The van der Waals surface area contributed by atoms with Crippen LogP contribution in [-0.2, 0) is 16.0 Å². The molecule has 3 heterocycles. The number of aromatic nitrogens is 2. The number of piperidine rings is 2. The van der Waals surface area contributed by atoms with Gasteiger partial charge in [0.05, 0.1) is 24.6 Å². The third-order valence-electron chi connectivity index (χ3n) is 5.98. The summed E-state index contributed by atoms with van der Waals surface area (Å²) in [7, 11) is 1.41. The van der Waals surface area contributed by atoms with Gasteiger partial charge in [-0.1, -0.05) is 18.2 Å². The van der Waals surface area contributed by atoms with Gasteiger partial charge in [0.1, 0.15) is 0 Å². The van der Waals surface area contributed by atoms with Crippen LogP contribution >= 0.6 is 0 Å². The summed E-state index contributed by atoms with van der Waals surface area (Å²) in [6, 6.07) is 7.24. The molecule has 1 saturated carbocycles. The second-order valence-electron chi connectivity index (χ2n) is 7.65. The number of hydrogen-bond donors (Lipinski definition) is 2. The van der Waals surface area contributed by atoms with Crippen molar-refractivity contribution in [2.75, 3.05) is 20.2 Å². The highest BCUT2D eigenvalue weighted by molar-refractivity contribution is 5.88. The monoisotopic (exact) mass is 384 g/mol. The van der Waals surface area contributed by atoms with E-state index in [-0.39, 0.29) is 35.9 Å². The molecule has 3 atom stereocenters. The van der Waals surface area contributed by atoms with Crippen LogP contribution in [0.4, 0.5) is 4.79 Å². The smallest absolute Gasteiger partial charge is 0.409 e. The highest BCUT2D eigenvalue weighted by Gasteiger charge is 2.43. The predicted molar refractivity (Wildman–Crippen MR) is 103 cm³/mol. The molecule has 28 heavy (non-hydrogen) atoms. The number of nitrogens with one attached hydrogen (secondary N) is 2. The first kappa shape index (κ1) is 18.5. The van der Waals surface area contributed by atoms with Crippen molar-refractivity contribution >= 4 is 22.8 Å². The average molecular weight is 384 g/mol. The summed E-state index contributed by atoms with van der Waals surface area (Å²) >= 11 is 0. The minimum Gasteiger partial charge on any atom is -0.453 e. The van der Waals surface area contributed by atoms with E-state index in [1.165, 1.54) is 7.11 Å². The fourth-order valence-electron chi connectivity index (χ4n) is 4.65. The van der Waals surface area contributed by atoms with E-state index in [2.05, 4.69) is 15.5 Å². The molecule has 2 bridgehead atoms. The molecule has 1 aromatic heterocycles. The number of amides is 2. The molecule has 2 N–H and O–H groups in total. The van der Waals surface area contributed by atoms with Crippen molar-refractivity contribution in [3.8, 4) is 0 Å². The Morgan fingerprint density at radius 3 is 2.82 bits per heavy atom. The Labute approximate surface area is 162 Å². The molecule has 2 aliphatic heterocycles. The van der Waals surface area contributed by atoms with Crippen molar-refractivity contribution in [3.63, 3.8) is 0 Å². The van der Waals surface area contributed by atoms with Crippen molar-refractivity contribution in [2.24, 2.45) is 11.8 Å². The van der Waals surface area contributed by atoms with Gasteiger partial charge in [-0.05, 0) is 37.2 Å². The zero-order valence-corrected chi connectivity index (χ0v) is 15.8.